The van der Waals surface area contributed by atoms with Crippen molar-refractivity contribution in [3.05, 3.63) is 29.8 Å². The molecule has 2 rings (SSSR count). The summed E-state index contributed by atoms with van der Waals surface area (Å²) in [5.41, 5.74) is 0. The Morgan fingerprint density at radius 3 is 2.30 bits per heavy atom. The maximum Gasteiger partial charge on any atom is 0.243 e. The Labute approximate surface area is 125 Å². The monoisotopic (exact) mass is 368 g/mol. The lowest BCUT2D eigenvalue weighted by Gasteiger charge is -2.33. The van der Waals surface area contributed by atoms with Gasteiger partial charge in [0.2, 0.25) is 10.0 Å². The maximum atomic E-state index is 13.2. The van der Waals surface area contributed by atoms with Crippen molar-refractivity contribution in [2.24, 2.45) is 0 Å². The van der Waals surface area contributed by atoms with Crippen LogP contribution in [0.5, 0.6) is 0 Å². The molecule has 0 N–H and O–H groups in total. The molecule has 112 valence electrons. The minimum absolute atomic E-state index is 0.203. The zero-order valence-electron chi connectivity index (χ0n) is 10.7. The molecule has 4 nitrogen and oxygen atoms in total. The van der Waals surface area contributed by atoms with E-state index < -0.39 is 21.7 Å². The predicted molar refractivity (Wildman–Crippen MR) is 75.4 cm³/mol. The minimum atomic E-state index is -3.75. The highest BCUT2D eigenvalue weighted by Gasteiger charge is 2.28. The summed E-state index contributed by atoms with van der Waals surface area (Å²) in [4.78, 5) is 1.94. The molecule has 0 amide bonds. The van der Waals surface area contributed by atoms with Crippen LogP contribution in [0.2, 0.25) is 0 Å². The van der Waals surface area contributed by atoms with E-state index >= 15 is 0 Å². The summed E-state index contributed by atoms with van der Waals surface area (Å²) in [6.45, 7) is 2.84. The average molecular weight is 369 g/mol. The van der Waals surface area contributed by atoms with Crippen LogP contribution in [0.3, 0.4) is 0 Å². The fourth-order valence-corrected chi connectivity index (χ4v) is 4.04. The quantitative estimate of drug-likeness (QED) is 0.759. The van der Waals surface area contributed by atoms with Crippen LogP contribution in [-0.2, 0) is 10.0 Å². The molecule has 1 aliphatic heterocycles. The normalized spacial score (nSPS) is 18.4. The number of nitrogens with zero attached hydrogens (tertiary/aromatic N) is 2. The molecule has 1 aliphatic rings. The van der Waals surface area contributed by atoms with Crippen LogP contribution in [0.1, 0.15) is 0 Å². The summed E-state index contributed by atoms with van der Waals surface area (Å²) in [5.74, 6) is -2.20. The van der Waals surface area contributed by atoms with Gasteiger partial charge in [-0.25, -0.2) is 17.2 Å². The zero-order valence-corrected chi connectivity index (χ0v) is 13.1. The fourth-order valence-electron chi connectivity index (χ4n) is 2.10. The van der Waals surface area contributed by atoms with Crippen LogP contribution in [0.25, 0.3) is 0 Å². The van der Waals surface area contributed by atoms with Crippen LogP contribution < -0.4 is 0 Å². The molecule has 0 bridgehead atoms. The van der Waals surface area contributed by atoms with Crippen LogP contribution in [-0.4, -0.2) is 55.7 Å². The molecular weight excluding hydrogens is 354 g/mol. The largest absolute Gasteiger partial charge is 0.300 e. The first-order chi connectivity index (χ1) is 9.45. The number of piperazine rings is 1. The van der Waals surface area contributed by atoms with Crippen molar-refractivity contribution in [1.29, 1.82) is 0 Å². The van der Waals surface area contributed by atoms with Crippen molar-refractivity contribution in [1.82, 2.24) is 9.21 Å². The first-order valence-electron chi connectivity index (χ1n) is 6.18. The third kappa shape index (κ3) is 3.36. The van der Waals surface area contributed by atoms with Crippen molar-refractivity contribution in [2.45, 2.75) is 4.90 Å². The predicted octanol–water partition coefficient (Wildman–Crippen LogP) is 1.67. The van der Waals surface area contributed by atoms with Crippen LogP contribution in [0.15, 0.2) is 23.1 Å². The molecule has 1 aromatic carbocycles. The minimum Gasteiger partial charge on any atom is -0.300 e. The summed E-state index contributed by atoms with van der Waals surface area (Å²) < 4.78 is 52.0. The van der Waals surface area contributed by atoms with Gasteiger partial charge in [0.25, 0.3) is 0 Å². The van der Waals surface area contributed by atoms with Gasteiger partial charge < -0.3 is 0 Å². The third-order valence-corrected chi connectivity index (χ3v) is 5.51. The van der Waals surface area contributed by atoms with Crippen molar-refractivity contribution >= 4 is 26.0 Å². The van der Waals surface area contributed by atoms with Gasteiger partial charge >= 0.3 is 0 Å². The fraction of sp³-hybridized carbons (Fsp3) is 0.500. The lowest BCUT2D eigenvalue weighted by molar-refractivity contribution is 0.198. The summed E-state index contributed by atoms with van der Waals surface area (Å²) in [6, 6.07) is 2.66. The molecule has 0 aromatic heterocycles. The molecule has 1 fully saturated rings. The number of rotatable bonds is 4. The molecule has 1 saturated heterocycles. The van der Waals surface area contributed by atoms with E-state index in [9.17, 15) is 17.2 Å². The van der Waals surface area contributed by atoms with Gasteiger partial charge in [-0.15, -0.1) is 0 Å². The Morgan fingerprint density at radius 1 is 1.10 bits per heavy atom. The van der Waals surface area contributed by atoms with Gasteiger partial charge in [0, 0.05) is 38.1 Å². The van der Waals surface area contributed by atoms with Crippen molar-refractivity contribution in [3.63, 3.8) is 0 Å². The zero-order chi connectivity index (χ0) is 14.8. The second kappa shape index (κ2) is 6.46. The highest BCUT2D eigenvalue weighted by Crippen LogP contribution is 2.19. The molecular formula is C12H15BrF2N2O2S. The van der Waals surface area contributed by atoms with E-state index in [1.165, 1.54) is 4.31 Å². The Bertz CT molecular complexity index is 575. The van der Waals surface area contributed by atoms with Crippen molar-refractivity contribution in [2.75, 3.05) is 38.1 Å². The number of sulfonamides is 1. The smallest absolute Gasteiger partial charge is 0.243 e. The number of hydrogen-bond acceptors (Lipinski definition) is 3. The van der Waals surface area contributed by atoms with Gasteiger partial charge in [0.1, 0.15) is 0 Å². The van der Waals surface area contributed by atoms with Crippen LogP contribution >= 0.6 is 15.9 Å². The second-order valence-electron chi connectivity index (χ2n) is 4.51. The number of halogens is 3. The number of benzene rings is 1. The highest BCUT2D eigenvalue weighted by atomic mass is 79.9. The molecule has 0 saturated carbocycles. The molecule has 0 spiro atoms. The van der Waals surface area contributed by atoms with E-state index in [-0.39, 0.29) is 4.90 Å². The summed E-state index contributed by atoms with van der Waals surface area (Å²) in [7, 11) is -3.75. The third-order valence-electron chi connectivity index (χ3n) is 3.26. The first-order valence-corrected chi connectivity index (χ1v) is 8.75. The summed E-state index contributed by atoms with van der Waals surface area (Å²) >= 11 is 3.34. The average Bonchev–Trinajstić information content (AvgIpc) is 2.43. The maximum absolute atomic E-state index is 13.2. The molecule has 8 heteroatoms. The van der Waals surface area contributed by atoms with Gasteiger partial charge in [-0.1, -0.05) is 15.9 Å². The van der Waals surface area contributed by atoms with Crippen molar-refractivity contribution in [3.8, 4) is 0 Å². The van der Waals surface area contributed by atoms with Gasteiger partial charge in [-0.3, -0.25) is 4.90 Å². The van der Waals surface area contributed by atoms with E-state index in [1.54, 1.807) is 0 Å². The SMILES string of the molecule is O=S(=O)(c1ccc(F)c(F)c1)N1CCN(CCBr)CC1. The van der Waals surface area contributed by atoms with Crippen molar-refractivity contribution < 1.29 is 17.2 Å². The molecule has 1 aromatic rings. The summed E-state index contributed by atoms with van der Waals surface area (Å²) in [6.07, 6.45) is 0. The molecule has 0 aliphatic carbocycles. The number of alkyl halides is 1. The lowest BCUT2D eigenvalue weighted by Crippen LogP contribution is -2.48. The second-order valence-corrected chi connectivity index (χ2v) is 7.24. The van der Waals surface area contributed by atoms with Gasteiger partial charge in [-0.05, 0) is 18.2 Å². The Morgan fingerprint density at radius 2 is 1.75 bits per heavy atom. The number of hydrogen-bond donors (Lipinski definition) is 0. The van der Waals surface area contributed by atoms with E-state index in [4.69, 9.17) is 0 Å². The van der Waals surface area contributed by atoms with Gasteiger partial charge in [0.15, 0.2) is 11.6 Å². The molecule has 0 atom stereocenters. The van der Waals surface area contributed by atoms with E-state index in [0.29, 0.717) is 26.2 Å². The molecule has 20 heavy (non-hydrogen) atoms. The summed E-state index contributed by atoms with van der Waals surface area (Å²) in [5, 5.41) is 0.836. The van der Waals surface area contributed by atoms with Crippen LogP contribution in [0.4, 0.5) is 8.78 Å². The topological polar surface area (TPSA) is 40.6 Å². The first kappa shape index (κ1) is 15.8. The highest BCUT2D eigenvalue weighted by molar-refractivity contribution is 9.09. The standard InChI is InChI=1S/C12H15BrF2N2O2S/c13-3-4-16-5-7-17(8-6-16)20(18,19)10-1-2-11(14)12(15)9-10/h1-2,9H,3-8H2. The van der Waals surface area contributed by atoms with Crippen LogP contribution in [0, 0.1) is 11.6 Å². The lowest BCUT2D eigenvalue weighted by atomic mass is 10.3. The van der Waals surface area contributed by atoms with Gasteiger partial charge in [-0.2, -0.15) is 4.31 Å². The Kier molecular flexibility index (Phi) is 5.11. The molecule has 0 radical (unpaired) electrons. The van der Waals surface area contributed by atoms with E-state index in [1.807, 2.05) is 0 Å². The van der Waals surface area contributed by atoms with Gasteiger partial charge in [0.05, 0.1) is 4.90 Å². The Hall–Kier alpha value is -0.570. The van der Waals surface area contributed by atoms with E-state index in [0.717, 1.165) is 30.1 Å². The molecule has 0 unspecified atom stereocenters. The molecule has 1 heterocycles. The Balaban J connectivity index is 2.13. The van der Waals surface area contributed by atoms with E-state index in [2.05, 4.69) is 20.8 Å².